The highest BCUT2D eigenvalue weighted by Crippen LogP contribution is 2.57. The van der Waals surface area contributed by atoms with Crippen LogP contribution < -0.4 is 4.90 Å². The maximum absolute atomic E-state index is 14.9. The summed E-state index contributed by atoms with van der Waals surface area (Å²) in [6.07, 6.45) is 8.29. The molecule has 8 nitrogen and oxygen atoms in total. The molecule has 1 N–H and O–H groups in total. The van der Waals surface area contributed by atoms with Gasteiger partial charge in [0, 0.05) is 12.2 Å². The Hall–Kier alpha value is -4.27. The molecular formula is C35H34N2O6. The average Bonchev–Trinajstić information content (AvgIpc) is 3.34. The molecule has 2 fully saturated rings. The van der Waals surface area contributed by atoms with Crippen LogP contribution in [0.25, 0.3) is 10.8 Å². The lowest BCUT2D eigenvalue weighted by atomic mass is 9.74. The van der Waals surface area contributed by atoms with Gasteiger partial charge in [-0.2, -0.15) is 0 Å². The maximum atomic E-state index is 14.9. The van der Waals surface area contributed by atoms with Crippen molar-refractivity contribution in [1.82, 2.24) is 4.90 Å². The summed E-state index contributed by atoms with van der Waals surface area (Å²) in [5, 5.41) is 12.7. The van der Waals surface area contributed by atoms with Crippen molar-refractivity contribution in [3.63, 3.8) is 0 Å². The van der Waals surface area contributed by atoms with Crippen LogP contribution in [0.1, 0.15) is 18.9 Å². The van der Waals surface area contributed by atoms with Crippen LogP contribution in [0.2, 0.25) is 0 Å². The Bertz CT molecular complexity index is 1650. The van der Waals surface area contributed by atoms with Gasteiger partial charge < -0.3 is 24.4 Å². The zero-order valence-electron chi connectivity index (χ0n) is 24.0. The highest BCUT2D eigenvalue weighted by atomic mass is 16.6. The number of amides is 2. The Balaban J connectivity index is 1.37. The van der Waals surface area contributed by atoms with Crippen molar-refractivity contribution < 1.29 is 29.0 Å². The van der Waals surface area contributed by atoms with Gasteiger partial charge in [0.05, 0.1) is 30.8 Å². The summed E-state index contributed by atoms with van der Waals surface area (Å²) in [6.45, 7) is 1.90. The van der Waals surface area contributed by atoms with E-state index in [1.54, 1.807) is 11.8 Å². The normalized spacial score (nSPS) is 30.7. The fraction of sp³-hybridized carbons (Fsp3) is 0.343. The minimum atomic E-state index is -1.43. The van der Waals surface area contributed by atoms with Gasteiger partial charge in [0.1, 0.15) is 17.6 Å². The number of carbonyl (C=O) groups excluding carboxylic acids is 3. The number of hydrogen-bond donors (Lipinski definition) is 1. The monoisotopic (exact) mass is 578 g/mol. The molecule has 1 unspecified atom stereocenters. The third-order valence-electron chi connectivity index (χ3n) is 9.42. The maximum Gasteiger partial charge on any atom is 0.313 e. The van der Waals surface area contributed by atoms with Crippen LogP contribution in [0.4, 0.5) is 5.69 Å². The van der Waals surface area contributed by atoms with E-state index in [1.165, 1.54) is 4.90 Å². The van der Waals surface area contributed by atoms with Gasteiger partial charge in [0.25, 0.3) is 5.91 Å². The topological polar surface area (TPSA) is 96.4 Å². The third-order valence-corrected chi connectivity index (χ3v) is 9.42. The predicted octanol–water partition coefficient (Wildman–Crippen LogP) is 3.82. The second kappa shape index (κ2) is 10.5. The summed E-state index contributed by atoms with van der Waals surface area (Å²) in [5.41, 5.74) is -0.974. The molecular weight excluding hydrogens is 544 g/mol. The molecule has 1 spiro atoms. The summed E-state index contributed by atoms with van der Waals surface area (Å²) in [4.78, 5) is 46.2. The highest BCUT2D eigenvalue weighted by molar-refractivity contribution is 6.06. The standard InChI is InChI=1S/C35H34N2O6/c1-34-16-7-8-19-42-33(41)29(34)28-31(39)37(27(22-38)20-23-10-3-2-4-11-23)30-32(40)36(18-9-17-35(28,30)43-34)26-15-14-24-12-5-6-13-25(24)21-26/h2-7,9-17,21,27-30,38H,8,18-20,22H2,1H3/t27-,28+,29+,30?,34-,35+/m1/s1. The summed E-state index contributed by atoms with van der Waals surface area (Å²) in [5.74, 6) is -3.18. The molecule has 7 rings (SSSR count). The van der Waals surface area contributed by atoms with Crippen molar-refractivity contribution in [3.8, 4) is 0 Å². The number of carbonyl (C=O) groups is 3. The summed E-state index contributed by atoms with van der Waals surface area (Å²) < 4.78 is 12.5. The summed E-state index contributed by atoms with van der Waals surface area (Å²) in [7, 11) is 0. The first-order valence-corrected chi connectivity index (χ1v) is 14.9. The number of fused-ring (bicyclic) bond motifs is 3. The van der Waals surface area contributed by atoms with Gasteiger partial charge in [-0.15, -0.1) is 0 Å². The summed E-state index contributed by atoms with van der Waals surface area (Å²) in [6, 6.07) is 21.5. The average molecular weight is 579 g/mol. The number of likely N-dealkylation sites (tertiary alicyclic amines) is 1. The lowest BCUT2D eigenvalue weighted by Crippen LogP contribution is -2.59. The van der Waals surface area contributed by atoms with Crippen LogP contribution in [-0.4, -0.2) is 70.8 Å². The van der Waals surface area contributed by atoms with E-state index >= 15 is 0 Å². The van der Waals surface area contributed by atoms with E-state index in [4.69, 9.17) is 9.47 Å². The van der Waals surface area contributed by atoms with Crippen molar-refractivity contribution in [1.29, 1.82) is 0 Å². The van der Waals surface area contributed by atoms with E-state index in [1.807, 2.05) is 97.1 Å². The number of aliphatic hydroxyl groups is 1. The van der Waals surface area contributed by atoms with Crippen LogP contribution in [0.3, 0.4) is 0 Å². The molecule has 0 aliphatic carbocycles. The first-order valence-electron chi connectivity index (χ1n) is 14.9. The van der Waals surface area contributed by atoms with Crippen LogP contribution in [-0.2, 0) is 30.3 Å². The van der Waals surface area contributed by atoms with Gasteiger partial charge in [-0.25, -0.2) is 0 Å². The zero-order valence-corrected chi connectivity index (χ0v) is 24.0. The SMILES string of the molecule is C[C@@]12C=CCCOC(=O)[C@@H]1[C@H]1C(=O)N([C@@H](CO)Cc3ccccc3)C3C(=O)N(c4ccc5ccccc5c4)CC=C[C@@]31O2. The molecule has 4 aliphatic heterocycles. The Morgan fingerprint density at radius 1 is 0.907 bits per heavy atom. The number of nitrogens with zero attached hydrogens (tertiary/aromatic N) is 2. The Labute approximate surface area is 250 Å². The molecule has 220 valence electrons. The molecule has 8 heteroatoms. The van der Waals surface area contributed by atoms with Crippen molar-refractivity contribution in [3.05, 3.63) is 103 Å². The second-order valence-corrected chi connectivity index (χ2v) is 12.0. The first kappa shape index (κ1) is 27.6. The van der Waals surface area contributed by atoms with Crippen molar-refractivity contribution in [2.24, 2.45) is 11.8 Å². The number of anilines is 1. The first-order chi connectivity index (χ1) is 20.9. The van der Waals surface area contributed by atoms with Gasteiger partial charge >= 0.3 is 5.97 Å². The zero-order chi connectivity index (χ0) is 29.8. The number of rotatable bonds is 5. The molecule has 43 heavy (non-hydrogen) atoms. The molecule has 2 saturated heterocycles. The molecule has 0 bridgehead atoms. The Morgan fingerprint density at radius 2 is 1.67 bits per heavy atom. The van der Waals surface area contributed by atoms with Crippen LogP contribution in [0.5, 0.6) is 0 Å². The predicted molar refractivity (Wildman–Crippen MR) is 161 cm³/mol. The van der Waals surface area contributed by atoms with Gasteiger partial charge in [-0.3, -0.25) is 14.4 Å². The number of ether oxygens (including phenoxy) is 2. The second-order valence-electron chi connectivity index (χ2n) is 12.0. The minimum absolute atomic E-state index is 0.209. The van der Waals surface area contributed by atoms with Crippen molar-refractivity contribution in [2.75, 3.05) is 24.7 Å². The quantitative estimate of drug-likeness (QED) is 0.365. The molecule has 3 aromatic carbocycles. The number of hydrogen-bond acceptors (Lipinski definition) is 6. The lowest BCUT2D eigenvalue weighted by Gasteiger charge is -2.40. The van der Waals surface area contributed by atoms with Crippen LogP contribution in [0.15, 0.2) is 97.1 Å². The largest absolute Gasteiger partial charge is 0.465 e. The number of aliphatic hydroxyl groups excluding tert-OH is 1. The fourth-order valence-electron chi connectivity index (χ4n) is 7.53. The Morgan fingerprint density at radius 3 is 2.47 bits per heavy atom. The number of esters is 1. The van der Waals surface area contributed by atoms with Crippen LogP contribution in [0, 0.1) is 11.8 Å². The van der Waals surface area contributed by atoms with Gasteiger partial charge in [0.15, 0.2) is 0 Å². The van der Waals surface area contributed by atoms with Crippen molar-refractivity contribution in [2.45, 2.75) is 43.1 Å². The number of benzene rings is 3. The van der Waals surface area contributed by atoms with Gasteiger partial charge in [0.2, 0.25) is 5.91 Å². The Kier molecular flexibility index (Phi) is 6.71. The van der Waals surface area contributed by atoms with E-state index in [0.29, 0.717) is 18.5 Å². The molecule has 0 radical (unpaired) electrons. The molecule has 4 heterocycles. The van der Waals surface area contributed by atoms with Crippen LogP contribution >= 0.6 is 0 Å². The fourth-order valence-corrected chi connectivity index (χ4v) is 7.53. The van der Waals surface area contributed by atoms with Gasteiger partial charge in [-0.05, 0) is 48.2 Å². The van der Waals surface area contributed by atoms with E-state index in [2.05, 4.69) is 0 Å². The molecule has 0 aromatic heterocycles. The minimum Gasteiger partial charge on any atom is -0.465 e. The highest BCUT2D eigenvalue weighted by Gasteiger charge is 2.75. The van der Waals surface area contributed by atoms with Crippen molar-refractivity contribution >= 4 is 34.2 Å². The molecule has 2 amide bonds. The molecule has 6 atom stereocenters. The van der Waals surface area contributed by atoms with E-state index in [9.17, 15) is 19.5 Å². The summed E-state index contributed by atoms with van der Waals surface area (Å²) >= 11 is 0. The van der Waals surface area contributed by atoms with Gasteiger partial charge in [-0.1, -0.05) is 85.0 Å². The molecule has 3 aromatic rings. The smallest absolute Gasteiger partial charge is 0.313 e. The molecule has 0 saturated carbocycles. The number of cyclic esters (lactones) is 1. The lowest BCUT2D eigenvalue weighted by molar-refractivity contribution is -0.160. The third kappa shape index (κ3) is 4.31. The van der Waals surface area contributed by atoms with E-state index < -0.39 is 47.0 Å². The molecule has 4 aliphatic rings. The van der Waals surface area contributed by atoms with E-state index in [-0.39, 0.29) is 25.7 Å². The van der Waals surface area contributed by atoms with E-state index in [0.717, 1.165) is 16.3 Å².